The van der Waals surface area contributed by atoms with Gasteiger partial charge < -0.3 is 14.4 Å². The molecule has 24 heavy (non-hydrogen) atoms. The smallest absolute Gasteiger partial charge is 0.329 e. The first-order valence-electron chi connectivity index (χ1n) is 7.83. The van der Waals surface area contributed by atoms with Gasteiger partial charge in [-0.05, 0) is 42.0 Å². The molecule has 5 nitrogen and oxygen atoms in total. The largest absolute Gasteiger partial charge is 0.497 e. The standard InChI is InChI=1S/C18H19NO4S/c1-22-14-6-2-5-13(11-14)12-23-18(21)15-7-3-9-19(15)17(20)16-8-4-10-24-16/h2,4-6,8,10-11,15H,3,7,9,12H2,1H3. The summed E-state index contributed by atoms with van der Waals surface area (Å²) < 4.78 is 10.6. The molecule has 1 fully saturated rings. The van der Waals surface area contributed by atoms with Crippen LogP contribution in [0.4, 0.5) is 0 Å². The van der Waals surface area contributed by atoms with Crippen molar-refractivity contribution in [2.24, 2.45) is 0 Å². The predicted molar refractivity (Wildman–Crippen MR) is 91.2 cm³/mol. The molecule has 0 aliphatic carbocycles. The number of carbonyl (C=O) groups is 2. The second kappa shape index (κ2) is 7.49. The molecule has 3 rings (SSSR count). The van der Waals surface area contributed by atoms with E-state index in [9.17, 15) is 9.59 Å². The zero-order chi connectivity index (χ0) is 16.9. The number of nitrogens with zero attached hydrogens (tertiary/aromatic N) is 1. The van der Waals surface area contributed by atoms with Gasteiger partial charge >= 0.3 is 5.97 Å². The minimum absolute atomic E-state index is 0.0918. The van der Waals surface area contributed by atoms with Gasteiger partial charge in [0, 0.05) is 6.54 Å². The van der Waals surface area contributed by atoms with E-state index >= 15 is 0 Å². The van der Waals surface area contributed by atoms with Gasteiger partial charge in [0.05, 0.1) is 12.0 Å². The molecule has 1 atom stereocenters. The lowest BCUT2D eigenvalue weighted by atomic mass is 10.2. The number of esters is 1. The Balaban J connectivity index is 1.62. The summed E-state index contributed by atoms with van der Waals surface area (Å²) in [6.45, 7) is 0.767. The molecule has 6 heteroatoms. The molecule has 1 aromatic carbocycles. The van der Waals surface area contributed by atoms with Crippen LogP contribution in [0.2, 0.25) is 0 Å². The summed E-state index contributed by atoms with van der Waals surface area (Å²) in [5, 5.41) is 1.86. The van der Waals surface area contributed by atoms with Crippen LogP contribution in [0.15, 0.2) is 41.8 Å². The molecule has 0 spiro atoms. The maximum absolute atomic E-state index is 12.5. The van der Waals surface area contributed by atoms with E-state index in [1.54, 1.807) is 18.1 Å². The highest BCUT2D eigenvalue weighted by molar-refractivity contribution is 7.12. The highest BCUT2D eigenvalue weighted by Crippen LogP contribution is 2.23. The predicted octanol–water partition coefficient (Wildman–Crippen LogP) is 3.10. The third-order valence-corrected chi connectivity index (χ3v) is 4.89. The van der Waals surface area contributed by atoms with Crippen LogP contribution in [-0.2, 0) is 16.1 Å². The molecule has 0 bridgehead atoms. The van der Waals surface area contributed by atoms with Gasteiger partial charge in [-0.15, -0.1) is 11.3 Å². The van der Waals surface area contributed by atoms with E-state index in [4.69, 9.17) is 9.47 Å². The molecule has 0 saturated carbocycles. The molecule has 0 N–H and O–H groups in total. The third-order valence-electron chi connectivity index (χ3n) is 4.03. The lowest BCUT2D eigenvalue weighted by molar-refractivity contribution is -0.149. The minimum Gasteiger partial charge on any atom is -0.497 e. The summed E-state index contributed by atoms with van der Waals surface area (Å²) in [5.41, 5.74) is 0.858. The number of hydrogen-bond acceptors (Lipinski definition) is 5. The quantitative estimate of drug-likeness (QED) is 0.782. The van der Waals surface area contributed by atoms with Gasteiger partial charge in [0.25, 0.3) is 5.91 Å². The average Bonchev–Trinajstić information content (AvgIpc) is 3.30. The van der Waals surface area contributed by atoms with Crippen LogP contribution < -0.4 is 4.74 Å². The van der Waals surface area contributed by atoms with Crippen LogP contribution in [0.3, 0.4) is 0 Å². The van der Waals surface area contributed by atoms with Gasteiger partial charge in [-0.2, -0.15) is 0 Å². The molecule has 1 aromatic heterocycles. The van der Waals surface area contributed by atoms with Crippen LogP contribution in [0.1, 0.15) is 28.1 Å². The Hall–Kier alpha value is -2.34. The minimum atomic E-state index is -0.495. The summed E-state index contributed by atoms with van der Waals surface area (Å²) in [6, 6.07) is 10.5. The zero-order valence-electron chi connectivity index (χ0n) is 13.4. The molecular formula is C18H19NO4S. The number of rotatable bonds is 5. The first kappa shape index (κ1) is 16.5. The molecule has 1 unspecified atom stereocenters. The summed E-state index contributed by atoms with van der Waals surface area (Å²) in [6.07, 6.45) is 1.46. The lowest BCUT2D eigenvalue weighted by Gasteiger charge is -2.22. The number of carbonyl (C=O) groups excluding carboxylic acids is 2. The fourth-order valence-corrected chi connectivity index (χ4v) is 3.49. The number of hydrogen-bond donors (Lipinski definition) is 0. The molecule has 1 saturated heterocycles. The Morgan fingerprint density at radius 3 is 2.92 bits per heavy atom. The first-order chi connectivity index (χ1) is 11.7. The Morgan fingerprint density at radius 2 is 2.17 bits per heavy atom. The van der Waals surface area contributed by atoms with Gasteiger partial charge in [-0.25, -0.2) is 4.79 Å². The topological polar surface area (TPSA) is 55.8 Å². The van der Waals surface area contributed by atoms with E-state index in [0.29, 0.717) is 17.8 Å². The molecule has 1 aliphatic heterocycles. The maximum atomic E-state index is 12.5. The van der Waals surface area contributed by atoms with E-state index in [1.807, 2.05) is 35.7 Å². The number of thiophene rings is 1. The molecule has 0 radical (unpaired) electrons. The number of amides is 1. The molecular weight excluding hydrogens is 326 g/mol. The van der Waals surface area contributed by atoms with Crippen molar-refractivity contribution in [2.45, 2.75) is 25.5 Å². The Labute approximate surface area is 144 Å². The Kier molecular flexibility index (Phi) is 5.15. The van der Waals surface area contributed by atoms with Crippen LogP contribution in [0.5, 0.6) is 5.75 Å². The summed E-state index contributed by atoms with van der Waals surface area (Å²) in [4.78, 5) is 27.2. The SMILES string of the molecule is COc1cccc(COC(=O)C2CCCN2C(=O)c2cccs2)c1. The molecule has 2 aromatic rings. The fourth-order valence-electron chi connectivity index (χ4n) is 2.81. The average molecular weight is 345 g/mol. The Morgan fingerprint density at radius 1 is 1.29 bits per heavy atom. The van der Waals surface area contributed by atoms with Crippen LogP contribution in [0.25, 0.3) is 0 Å². The Bertz CT molecular complexity index is 714. The first-order valence-corrected chi connectivity index (χ1v) is 8.71. The number of methoxy groups -OCH3 is 1. The van der Waals surface area contributed by atoms with Crippen molar-refractivity contribution < 1.29 is 19.1 Å². The van der Waals surface area contributed by atoms with Crippen LogP contribution in [0, 0.1) is 0 Å². The van der Waals surface area contributed by atoms with E-state index in [-0.39, 0.29) is 18.5 Å². The molecule has 126 valence electrons. The third kappa shape index (κ3) is 3.59. The van der Waals surface area contributed by atoms with Crippen LogP contribution >= 0.6 is 11.3 Å². The number of benzene rings is 1. The summed E-state index contributed by atoms with van der Waals surface area (Å²) in [7, 11) is 1.59. The van der Waals surface area contributed by atoms with Crippen molar-refractivity contribution in [3.05, 3.63) is 52.2 Å². The molecule has 1 aliphatic rings. The zero-order valence-corrected chi connectivity index (χ0v) is 14.3. The van der Waals surface area contributed by atoms with Crippen molar-refractivity contribution in [1.82, 2.24) is 4.90 Å². The van der Waals surface area contributed by atoms with Gasteiger partial charge in [-0.1, -0.05) is 18.2 Å². The number of likely N-dealkylation sites (tertiary alicyclic amines) is 1. The highest BCUT2D eigenvalue weighted by Gasteiger charge is 2.35. The monoisotopic (exact) mass is 345 g/mol. The normalized spacial score (nSPS) is 16.9. The van der Waals surface area contributed by atoms with Crippen molar-refractivity contribution >= 4 is 23.2 Å². The highest BCUT2D eigenvalue weighted by atomic mass is 32.1. The van der Waals surface area contributed by atoms with Gasteiger partial charge in [0.15, 0.2) is 0 Å². The molecule has 1 amide bonds. The van der Waals surface area contributed by atoms with Gasteiger partial charge in [-0.3, -0.25) is 4.79 Å². The van der Waals surface area contributed by atoms with E-state index in [2.05, 4.69) is 0 Å². The fraction of sp³-hybridized carbons (Fsp3) is 0.333. The second-order valence-electron chi connectivity index (χ2n) is 5.59. The van der Waals surface area contributed by atoms with Gasteiger partial charge in [0.2, 0.25) is 0 Å². The van der Waals surface area contributed by atoms with Gasteiger partial charge in [0.1, 0.15) is 18.4 Å². The van der Waals surface area contributed by atoms with Crippen molar-refractivity contribution in [3.8, 4) is 5.75 Å². The van der Waals surface area contributed by atoms with Crippen molar-refractivity contribution in [2.75, 3.05) is 13.7 Å². The van der Waals surface area contributed by atoms with E-state index in [1.165, 1.54) is 11.3 Å². The lowest BCUT2D eigenvalue weighted by Crippen LogP contribution is -2.41. The number of ether oxygens (including phenoxy) is 2. The van der Waals surface area contributed by atoms with E-state index < -0.39 is 6.04 Å². The van der Waals surface area contributed by atoms with Crippen molar-refractivity contribution in [1.29, 1.82) is 0 Å². The van der Waals surface area contributed by atoms with E-state index in [0.717, 1.165) is 17.7 Å². The summed E-state index contributed by atoms with van der Waals surface area (Å²) >= 11 is 1.39. The van der Waals surface area contributed by atoms with Crippen LogP contribution in [-0.4, -0.2) is 36.5 Å². The maximum Gasteiger partial charge on any atom is 0.329 e. The second-order valence-corrected chi connectivity index (χ2v) is 6.54. The van der Waals surface area contributed by atoms with Crippen molar-refractivity contribution in [3.63, 3.8) is 0 Å². The summed E-state index contributed by atoms with van der Waals surface area (Å²) in [5.74, 6) is 0.282. The molecule has 2 heterocycles.